The van der Waals surface area contributed by atoms with Crippen LogP contribution < -0.4 is 4.74 Å². The highest BCUT2D eigenvalue weighted by Gasteiger charge is 2.17. The van der Waals surface area contributed by atoms with Crippen molar-refractivity contribution < 1.29 is 22.7 Å². The molecule has 0 aliphatic rings. The molecular formula is C15H11F3O2. The first-order valence-electron chi connectivity index (χ1n) is 5.78. The normalized spacial score (nSPS) is 10.4. The van der Waals surface area contributed by atoms with Gasteiger partial charge in [-0.1, -0.05) is 0 Å². The molecule has 0 radical (unpaired) electrons. The first-order chi connectivity index (χ1) is 9.43. The Kier molecular flexibility index (Phi) is 3.79. The molecule has 0 unspecified atom stereocenters. The van der Waals surface area contributed by atoms with E-state index in [0.717, 1.165) is 0 Å². The maximum Gasteiger partial charge on any atom is 0.194 e. The number of ether oxygens (including phenoxy) is 1. The van der Waals surface area contributed by atoms with E-state index in [1.54, 1.807) is 19.1 Å². The third-order valence-corrected chi connectivity index (χ3v) is 2.92. The number of ketones is 1. The van der Waals surface area contributed by atoms with Crippen LogP contribution in [0.15, 0.2) is 30.3 Å². The summed E-state index contributed by atoms with van der Waals surface area (Å²) in [6.45, 7) is 1.67. The molecule has 0 spiro atoms. The Bertz CT molecular complexity index is 658. The zero-order valence-electron chi connectivity index (χ0n) is 10.8. The van der Waals surface area contributed by atoms with Gasteiger partial charge < -0.3 is 4.74 Å². The van der Waals surface area contributed by atoms with Crippen LogP contribution in [0.3, 0.4) is 0 Å². The van der Waals surface area contributed by atoms with Gasteiger partial charge in [-0.3, -0.25) is 4.79 Å². The van der Waals surface area contributed by atoms with Crippen molar-refractivity contribution in [2.75, 3.05) is 7.11 Å². The molecule has 0 N–H and O–H groups in total. The van der Waals surface area contributed by atoms with E-state index >= 15 is 0 Å². The second-order valence-corrected chi connectivity index (χ2v) is 4.26. The zero-order chi connectivity index (χ0) is 14.9. The quantitative estimate of drug-likeness (QED) is 0.633. The number of methoxy groups -OCH3 is 1. The molecular weight excluding hydrogens is 269 g/mol. The van der Waals surface area contributed by atoms with E-state index in [9.17, 15) is 18.0 Å². The van der Waals surface area contributed by atoms with E-state index in [1.807, 2.05) is 0 Å². The smallest absolute Gasteiger partial charge is 0.194 e. The molecule has 20 heavy (non-hydrogen) atoms. The van der Waals surface area contributed by atoms with Crippen molar-refractivity contribution in [3.8, 4) is 5.75 Å². The Balaban J connectivity index is 2.46. The van der Waals surface area contributed by atoms with Crippen molar-refractivity contribution in [1.29, 1.82) is 0 Å². The molecule has 0 saturated heterocycles. The summed E-state index contributed by atoms with van der Waals surface area (Å²) in [4.78, 5) is 12.2. The van der Waals surface area contributed by atoms with Crippen LogP contribution in [0.2, 0.25) is 0 Å². The molecule has 0 saturated carbocycles. The minimum Gasteiger partial charge on any atom is -0.497 e. The Morgan fingerprint density at radius 3 is 2.15 bits per heavy atom. The van der Waals surface area contributed by atoms with Gasteiger partial charge in [0.1, 0.15) is 5.75 Å². The average Bonchev–Trinajstić information content (AvgIpc) is 2.43. The predicted octanol–water partition coefficient (Wildman–Crippen LogP) is 3.65. The van der Waals surface area contributed by atoms with Crippen molar-refractivity contribution in [1.82, 2.24) is 0 Å². The van der Waals surface area contributed by atoms with Crippen LogP contribution in [-0.2, 0) is 0 Å². The number of hydrogen-bond donors (Lipinski definition) is 0. The van der Waals surface area contributed by atoms with Gasteiger partial charge in [-0.2, -0.15) is 0 Å². The van der Waals surface area contributed by atoms with E-state index in [1.165, 1.54) is 13.2 Å². The van der Waals surface area contributed by atoms with Gasteiger partial charge >= 0.3 is 0 Å². The maximum atomic E-state index is 13.1. The lowest BCUT2D eigenvalue weighted by Crippen LogP contribution is -2.06. The van der Waals surface area contributed by atoms with Gasteiger partial charge in [0.05, 0.1) is 7.11 Å². The number of halogens is 3. The van der Waals surface area contributed by atoms with Gasteiger partial charge in [-0.15, -0.1) is 0 Å². The van der Waals surface area contributed by atoms with Crippen LogP contribution in [0.25, 0.3) is 0 Å². The van der Waals surface area contributed by atoms with Crippen molar-refractivity contribution >= 4 is 5.78 Å². The second kappa shape index (κ2) is 5.36. The molecule has 2 aromatic rings. The minimum atomic E-state index is -1.59. The summed E-state index contributed by atoms with van der Waals surface area (Å²) in [6, 6.07) is 6.06. The Labute approximate surface area is 113 Å². The molecule has 0 amide bonds. The fraction of sp³-hybridized carbons (Fsp3) is 0.133. The fourth-order valence-corrected chi connectivity index (χ4v) is 1.86. The zero-order valence-corrected chi connectivity index (χ0v) is 10.8. The van der Waals surface area contributed by atoms with E-state index in [-0.39, 0.29) is 11.1 Å². The van der Waals surface area contributed by atoms with Gasteiger partial charge in [-0.05, 0) is 42.8 Å². The largest absolute Gasteiger partial charge is 0.497 e. The Hall–Kier alpha value is -2.30. The molecule has 0 fully saturated rings. The number of benzene rings is 2. The first kappa shape index (κ1) is 14.1. The molecule has 0 bridgehead atoms. The van der Waals surface area contributed by atoms with E-state index in [0.29, 0.717) is 23.4 Å². The molecule has 0 aliphatic carbocycles. The highest BCUT2D eigenvalue weighted by atomic mass is 19.2. The summed E-state index contributed by atoms with van der Waals surface area (Å²) in [5.41, 5.74) is 0.630. The van der Waals surface area contributed by atoms with Crippen molar-refractivity contribution in [2.24, 2.45) is 0 Å². The Morgan fingerprint density at radius 1 is 1.05 bits per heavy atom. The molecule has 0 aromatic heterocycles. The van der Waals surface area contributed by atoms with Gasteiger partial charge in [-0.25, -0.2) is 13.2 Å². The molecule has 0 atom stereocenters. The summed E-state index contributed by atoms with van der Waals surface area (Å²) < 4.78 is 44.2. The van der Waals surface area contributed by atoms with Crippen molar-refractivity contribution in [2.45, 2.75) is 6.92 Å². The van der Waals surface area contributed by atoms with Gasteiger partial charge in [0.2, 0.25) is 0 Å². The molecule has 104 valence electrons. The highest BCUT2D eigenvalue weighted by molar-refractivity contribution is 6.10. The Morgan fingerprint density at radius 2 is 1.65 bits per heavy atom. The summed E-state index contributed by atoms with van der Waals surface area (Å²) in [6.07, 6.45) is 0. The second-order valence-electron chi connectivity index (χ2n) is 4.26. The van der Waals surface area contributed by atoms with Crippen LogP contribution in [0.5, 0.6) is 5.75 Å². The summed E-state index contributed by atoms with van der Waals surface area (Å²) in [7, 11) is 1.49. The topological polar surface area (TPSA) is 26.3 Å². The molecule has 2 aromatic carbocycles. The molecule has 2 nitrogen and oxygen atoms in total. The highest BCUT2D eigenvalue weighted by Crippen LogP contribution is 2.21. The maximum absolute atomic E-state index is 13.1. The number of aryl methyl sites for hydroxylation is 1. The lowest BCUT2D eigenvalue weighted by Gasteiger charge is -2.08. The molecule has 5 heteroatoms. The van der Waals surface area contributed by atoms with Crippen molar-refractivity contribution in [3.63, 3.8) is 0 Å². The summed E-state index contributed by atoms with van der Waals surface area (Å²) in [5.74, 6) is -4.38. The third-order valence-electron chi connectivity index (χ3n) is 2.92. The summed E-state index contributed by atoms with van der Waals surface area (Å²) >= 11 is 0. The van der Waals surface area contributed by atoms with E-state index < -0.39 is 23.2 Å². The monoisotopic (exact) mass is 280 g/mol. The van der Waals surface area contributed by atoms with E-state index in [4.69, 9.17) is 4.74 Å². The standard InChI is InChI=1S/C15H11F3O2/c1-8-5-10(20-2)3-4-11(8)15(19)9-6-12(16)14(18)13(17)7-9/h3-7H,1-2H3. The van der Waals surface area contributed by atoms with Crippen LogP contribution in [0.4, 0.5) is 13.2 Å². The SMILES string of the molecule is COc1ccc(C(=O)c2cc(F)c(F)c(F)c2)c(C)c1. The minimum absolute atomic E-state index is 0.241. The number of rotatable bonds is 3. The predicted molar refractivity (Wildman–Crippen MR) is 67.5 cm³/mol. The fourth-order valence-electron chi connectivity index (χ4n) is 1.86. The molecule has 0 aliphatic heterocycles. The van der Waals surface area contributed by atoms with Crippen LogP contribution >= 0.6 is 0 Å². The number of carbonyl (C=O) groups excluding carboxylic acids is 1. The van der Waals surface area contributed by atoms with Gasteiger partial charge in [0, 0.05) is 11.1 Å². The average molecular weight is 280 g/mol. The summed E-state index contributed by atoms with van der Waals surface area (Å²) in [5, 5.41) is 0. The van der Waals surface area contributed by atoms with Crippen molar-refractivity contribution in [3.05, 3.63) is 64.5 Å². The van der Waals surface area contributed by atoms with Crippen LogP contribution in [0.1, 0.15) is 21.5 Å². The lowest BCUT2D eigenvalue weighted by molar-refractivity contribution is 0.103. The van der Waals surface area contributed by atoms with E-state index in [2.05, 4.69) is 0 Å². The lowest BCUT2D eigenvalue weighted by atomic mass is 9.98. The molecule has 2 rings (SSSR count). The van der Waals surface area contributed by atoms with Crippen LogP contribution in [0, 0.1) is 24.4 Å². The molecule has 0 heterocycles. The van der Waals surface area contributed by atoms with Crippen LogP contribution in [-0.4, -0.2) is 12.9 Å². The van der Waals surface area contributed by atoms with Gasteiger partial charge in [0.25, 0.3) is 0 Å². The first-order valence-corrected chi connectivity index (χ1v) is 5.78. The number of carbonyl (C=O) groups is 1. The number of hydrogen-bond acceptors (Lipinski definition) is 2. The van der Waals surface area contributed by atoms with Gasteiger partial charge in [0.15, 0.2) is 23.2 Å². The third kappa shape index (κ3) is 2.52.